The molecular formula is C9H8F2N2O. The van der Waals surface area contributed by atoms with E-state index in [2.05, 4.69) is 4.98 Å². The van der Waals surface area contributed by atoms with Gasteiger partial charge >= 0.3 is 0 Å². The Bertz CT molecular complexity index is 360. The van der Waals surface area contributed by atoms with Crippen molar-refractivity contribution in [2.45, 2.75) is 12.8 Å². The molecule has 0 aliphatic carbocycles. The number of alkyl halides is 2. The van der Waals surface area contributed by atoms with Gasteiger partial charge in [0.25, 0.3) is 6.43 Å². The molecule has 0 amide bonds. The fourth-order valence-corrected chi connectivity index (χ4v) is 1.12. The number of rotatable bonds is 3. The molecule has 0 spiro atoms. The first-order valence-corrected chi connectivity index (χ1v) is 3.87. The van der Waals surface area contributed by atoms with Crippen molar-refractivity contribution in [2.24, 2.45) is 0 Å². The molecule has 0 aliphatic rings. The molecular weight excluding hydrogens is 190 g/mol. The van der Waals surface area contributed by atoms with Gasteiger partial charge in [0.15, 0.2) is 0 Å². The molecule has 1 heterocycles. The van der Waals surface area contributed by atoms with E-state index in [1.807, 2.05) is 0 Å². The average molecular weight is 198 g/mol. The fraction of sp³-hybridized carbons (Fsp3) is 0.333. The summed E-state index contributed by atoms with van der Waals surface area (Å²) < 4.78 is 29.7. The highest BCUT2D eigenvalue weighted by atomic mass is 19.3. The first-order chi connectivity index (χ1) is 6.70. The van der Waals surface area contributed by atoms with Gasteiger partial charge in [0, 0.05) is 17.3 Å². The number of methoxy groups -OCH3 is 1. The molecule has 0 aliphatic heterocycles. The number of halogens is 2. The minimum Gasteiger partial charge on any atom is -0.481 e. The van der Waals surface area contributed by atoms with E-state index in [9.17, 15) is 8.78 Å². The molecule has 0 bridgehead atoms. The monoisotopic (exact) mass is 198 g/mol. The number of aromatic nitrogens is 1. The lowest BCUT2D eigenvalue weighted by atomic mass is 10.1. The number of nitriles is 1. The number of nitrogens with zero attached hydrogens (tertiary/aromatic N) is 2. The molecule has 1 aromatic heterocycles. The zero-order chi connectivity index (χ0) is 10.6. The van der Waals surface area contributed by atoms with Gasteiger partial charge in [0.1, 0.15) is 0 Å². The Balaban J connectivity index is 3.22. The van der Waals surface area contributed by atoms with Crippen LogP contribution in [0.15, 0.2) is 12.3 Å². The van der Waals surface area contributed by atoms with Crippen molar-refractivity contribution in [3.8, 4) is 11.9 Å². The normalized spacial score (nSPS) is 9.93. The summed E-state index contributed by atoms with van der Waals surface area (Å²) >= 11 is 0. The third-order valence-electron chi connectivity index (χ3n) is 1.74. The molecule has 0 atom stereocenters. The topological polar surface area (TPSA) is 45.9 Å². The van der Waals surface area contributed by atoms with Gasteiger partial charge in [-0.25, -0.2) is 13.8 Å². The van der Waals surface area contributed by atoms with Gasteiger partial charge in [-0.1, -0.05) is 0 Å². The Hall–Kier alpha value is -1.70. The number of hydrogen-bond donors (Lipinski definition) is 0. The Kier molecular flexibility index (Phi) is 3.35. The summed E-state index contributed by atoms with van der Waals surface area (Å²) in [4.78, 5) is 3.75. The number of hydrogen-bond acceptors (Lipinski definition) is 3. The van der Waals surface area contributed by atoms with Crippen molar-refractivity contribution < 1.29 is 13.5 Å². The smallest absolute Gasteiger partial charge is 0.264 e. The zero-order valence-electron chi connectivity index (χ0n) is 7.50. The third kappa shape index (κ3) is 1.96. The molecule has 1 rings (SSSR count). The maximum Gasteiger partial charge on any atom is 0.264 e. The Morgan fingerprint density at radius 3 is 2.86 bits per heavy atom. The predicted molar refractivity (Wildman–Crippen MR) is 45.1 cm³/mol. The van der Waals surface area contributed by atoms with Crippen LogP contribution in [0.4, 0.5) is 8.78 Å². The predicted octanol–water partition coefficient (Wildman–Crippen LogP) is 2.09. The van der Waals surface area contributed by atoms with Crippen molar-refractivity contribution in [3.05, 3.63) is 23.4 Å². The molecule has 0 saturated carbocycles. The van der Waals surface area contributed by atoms with Gasteiger partial charge in [0.2, 0.25) is 5.88 Å². The van der Waals surface area contributed by atoms with E-state index in [4.69, 9.17) is 10.00 Å². The summed E-state index contributed by atoms with van der Waals surface area (Å²) in [5, 5.41) is 8.47. The van der Waals surface area contributed by atoms with E-state index in [0.29, 0.717) is 0 Å². The molecule has 5 heteroatoms. The second-order valence-electron chi connectivity index (χ2n) is 2.52. The largest absolute Gasteiger partial charge is 0.481 e. The van der Waals surface area contributed by atoms with Crippen LogP contribution in [0.25, 0.3) is 0 Å². The third-order valence-corrected chi connectivity index (χ3v) is 1.74. The van der Waals surface area contributed by atoms with Crippen molar-refractivity contribution in [1.29, 1.82) is 5.26 Å². The van der Waals surface area contributed by atoms with E-state index in [1.165, 1.54) is 19.4 Å². The van der Waals surface area contributed by atoms with Crippen LogP contribution in [0.5, 0.6) is 5.88 Å². The van der Waals surface area contributed by atoms with E-state index in [-0.39, 0.29) is 23.4 Å². The Labute approximate surface area is 79.9 Å². The van der Waals surface area contributed by atoms with Crippen LogP contribution in [0, 0.1) is 11.3 Å². The summed E-state index contributed by atoms with van der Waals surface area (Å²) in [5.74, 6) is 0.0874. The van der Waals surface area contributed by atoms with Gasteiger partial charge < -0.3 is 4.74 Å². The van der Waals surface area contributed by atoms with E-state index < -0.39 is 6.43 Å². The van der Waals surface area contributed by atoms with Crippen molar-refractivity contribution in [1.82, 2.24) is 4.98 Å². The maximum absolute atomic E-state index is 12.5. The molecule has 0 saturated heterocycles. The first kappa shape index (κ1) is 10.4. The van der Waals surface area contributed by atoms with Crippen LogP contribution < -0.4 is 4.74 Å². The molecule has 74 valence electrons. The van der Waals surface area contributed by atoms with Crippen molar-refractivity contribution in [2.75, 3.05) is 7.11 Å². The highest BCUT2D eigenvalue weighted by Gasteiger charge is 2.17. The number of pyridine rings is 1. The second-order valence-corrected chi connectivity index (χ2v) is 2.52. The lowest BCUT2D eigenvalue weighted by Gasteiger charge is -2.08. The van der Waals surface area contributed by atoms with Crippen molar-refractivity contribution in [3.63, 3.8) is 0 Å². The van der Waals surface area contributed by atoms with Gasteiger partial charge in [-0.2, -0.15) is 5.26 Å². The summed E-state index contributed by atoms with van der Waals surface area (Å²) in [5.41, 5.74) is -0.0362. The summed E-state index contributed by atoms with van der Waals surface area (Å²) in [6.07, 6.45) is -1.51. The van der Waals surface area contributed by atoms with Gasteiger partial charge in [-0.3, -0.25) is 0 Å². The van der Waals surface area contributed by atoms with E-state index in [1.54, 1.807) is 6.07 Å². The van der Waals surface area contributed by atoms with Gasteiger partial charge in [0.05, 0.1) is 19.6 Å². The van der Waals surface area contributed by atoms with Crippen LogP contribution in [-0.4, -0.2) is 12.1 Å². The molecule has 0 N–H and O–H groups in total. The quantitative estimate of drug-likeness (QED) is 0.747. The zero-order valence-corrected chi connectivity index (χ0v) is 7.50. The number of ether oxygens (including phenoxy) is 1. The fourth-order valence-electron chi connectivity index (χ4n) is 1.12. The molecule has 0 fully saturated rings. The average Bonchev–Trinajstić information content (AvgIpc) is 2.18. The molecule has 0 unspecified atom stereocenters. The molecule has 3 nitrogen and oxygen atoms in total. The Morgan fingerprint density at radius 2 is 2.36 bits per heavy atom. The highest BCUT2D eigenvalue weighted by Crippen LogP contribution is 2.28. The lowest BCUT2D eigenvalue weighted by Crippen LogP contribution is -2.00. The maximum atomic E-state index is 12.5. The van der Waals surface area contributed by atoms with Crippen molar-refractivity contribution >= 4 is 0 Å². The SMILES string of the molecule is COc1nccc(C(F)F)c1CC#N. The van der Waals surface area contributed by atoms with E-state index in [0.717, 1.165) is 0 Å². The minimum absolute atomic E-state index is 0.0874. The summed E-state index contributed by atoms with van der Waals surface area (Å²) in [7, 11) is 1.33. The molecule has 0 radical (unpaired) electrons. The van der Waals surface area contributed by atoms with Gasteiger partial charge in [-0.15, -0.1) is 0 Å². The van der Waals surface area contributed by atoms with Gasteiger partial charge in [-0.05, 0) is 6.07 Å². The standard InChI is InChI=1S/C9H8F2N2O/c1-14-9-7(2-4-12)6(8(10)11)3-5-13-9/h3,5,8H,2H2,1H3. The van der Waals surface area contributed by atoms with Crippen LogP contribution in [0.3, 0.4) is 0 Å². The van der Waals surface area contributed by atoms with Crippen LogP contribution in [0.2, 0.25) is 0 Å². The summed E-state index contributed by atoms with van der Waals surface area (Å²) in [6, 6.07) is 2.99. The minimum atomic E-state index is -2.62. The Morgan fingerprint density at radius 1 is 1.64 bits per heavy atom. The van der Waals surface area contributed by atoms with Crippen LogP contribution >= 0.6 is 0 Å². The molecule has 1 aromatic rings. The second kappa shape index (κ2) is 4.51. The van der Waals surface area contributed by atoms with E-state index >= 15 is 0 Å². The first-order valence-electron chi connectivity index (χ1n) is 3.87. The molecule has 0 aromatic carbocycles. The van der Waals surface area contributed by atoms with Crippen LogP contribution in [0.1, 0.15) is 17.6 Å². The highest BCUT2D eigenvalue weighted by molar-refractivity contribution is 5.37. The summed E-state index contributed by atoms with van der Waals surface area (Å²) in [6.45, 7) is 0. The molecule has 14 heavy (non-hydrogen) atoms. The lowest BCUT2D eigenvalue weighted by molar-refractivity contribution is 0.149. The van der Waals surface area contributed by atoms with Crippen LogP contribution in [-0.2, 0) is 6.42 Å².